The minimum atomic E-state index is -0.257. The number of fused-ring (bicyclic) bond motifs is 1. The molecule has 14 heteroatoms. The molecule has 0 bridgehead atoms. The van der Waals surface area contributed by atoms with Crippen LogP contribution in [0.5, 0.6) is 0 Å². The molecule has 1 unspecified atom stereocenters. The van der Waals surface area contributed by atoms with Gasteiger partial charge in [0, 0.05) is 17.0 Å². The third-order valence-electron chi connectivity index (χ3n) is 9.83. The Kier molecular flexibility index (Phi) is 24.2. The zero-order valence-corrected chi connectivity index (χ0v) is 32.8. The van der Waals surface area contributed by atoms with Gasteiger partial charge in [-0.3, -0.25) is 0 Å². The van der Waals surface area contributed by atoms with Crippen molar-refractivity contribution in [2.75, 3.05) is 144 Å². The van der Waals surface area contributed by atoms with Crippen molar-refractivity contribution in [3.05, 3.63) is 0 Å². The van der Waals surface area contributed by atoms with E-state index in [2.05, 4.69) is 34.6 Å². The molecule has 290 valence electrons. The van der Waals surface area contributed by atoms with Gasteiger partial charge in [0.15, 0.2) is 6.61 Å². The molecule has 0 radical (unpaired) electrons. The van der Waals surface area contributed by atoms with Crippen LogP contribution >= 0.6 is 15.8 Å². The van der Waals surface area contributed by atoms with Gasteiger partial charge in [-0.2, -0.15) is 0 Å². The highest BCUT2D eigenvalue weighted by Gasteiger charge is 2.49. The van der Waals surface area contributed by atoms with Gasteiger partial charge in [0.2, 0.25) is 0 Å². The molecule has 3 rings (SSSR count). The lowest BCUT2D eigenvalue weighted by Crippen LogP contribution is -2.37. The summed E-state index contributed by atoms with van der Waals surface area (Å²) in [6, 6.07) is 0. The Bertz CT molecular complexity index is 774. The zero-order valence-electron chi connectivity index (χ0n) is 31.1. The van der Waals surface area contributed by atoms with Crippen LogP contribution in [0.1, 0.15) is 34.6 Å². The summed E-state index contributed by atoms with van der Waals surface area (Å²) >= 11 is 0. The molecule has 0 saturated carbocycles. The minimum Gasteiger partial charge on any atom is -0.444 e. The van der Waals surface area contributed by atoms with Crippen LogP contribution < -0.4 is 0 Å². The van der Waals surface area contributed by atoms with Gasteiger partial charge in [0.25, 0.3) is 0 Å². The molecular weight excluding hydrogens is 674 g/mol. The van der Waals surface area contributed by atoms with E-state index in [1.54, 1.807) is 0 Å². The monoisotopic (exact) mass is 743 g/mol. The second kappa shape index (κ2) is 27.0. The van der Waals surface area contributed by atoms with E-state index in [0.717, 1.165) is 0 Å². The summed E-state index contributed by atoms with van der Waals surface area (Å²) in [5.74, 6) is 0.542. The SMILES string of the molecule is C[C@H]1[C@H](OCCOCCOCCOCCOCC[OH2+])[C@H](C)P(CCP2[C@@H](C)[C@H]3OCCOCCOCCOCCOCCO[C@@H]3[C@@H]2C)[C@H]1C. The van der Waals surface area contributed by atoms with E-state index < -0.39 is 0 Å². The summed E-state index contributed by atoms with van der Waals surface area (Å²) < 4.78 is 64.2. The molecule has 2 N–H and O–H groups in total. The van der Waals surface area contributed by atoms with Crippen LogP contribution in [0.25, 0.3) is 0 Å². The van der Waals surface area contributed by atoms with Crippen molar-refractivity contribution in [3.63, 3.8) is 0 Å². The van der Waals surface area contributed by atoms with Gasteiger partial charge < -0.3 is 57.2 Å². The lowest BCUT2D eigenvalue weighted by Gasteiger charge is -2.28. The van der Waals surface area contributed by atoms with Crippen LogP contribution in [0.2, 0.25) is 0 Å². The molecule has 12 nitrogen and oxygen atoms in total. The molecule has 3 heterocycles. The first-order valence-corrected chi connectivity index (χ1v) is 21.9. The van der Waals surface area contributed by atoms with Crippen LogP contribution in [-0.4, -0.2) is 191 Å². The van der Waals surface area contributed by atoms with E-state index in [4.69, 9.17) is 57.2 Å². The molecule has 0 spiro atoms. The number of hydrogen-bond acceptors (Lipinski definition) is 11. The van der Waals surface area contributed by atoms with Crippen LogP contribution in [0, 0.1) is 5.92 Å². The molecule has 0 aromatic rings. The van der Waals surface area contributed by atoms with E-state index in [1.807, 2.05) is 0 Å². The molecule has 3 saturated heterocycles. The Balaban J connectivity index is 1.37. The van der Waals surface area contributed by atoms with Gasteiger partial charge in [-0.1, -0.05) is 50.5 Å². The Hall–Kier alpha value is 0.380. The van der Waals surface area contributed by atoms with Crippen LogP contribution in [0.3, 0.4) is 0 Å². The van der Waals surface area contributed by atoms with Crippen molar-refractivity contribution in [1.29, 1.82) is 0 Å². The highest BCUT2D eigenvalue weighted by atomic mass is 31.1. The lowest BCUT2D eigenvalue weighted by atomic mass is 10.00. The largest absolute Gasteiger partial charge is 0.444 e. The molecule has 3 fully saturated rings. The van der Waals surface area contributed by atoms with Crippen molar-refractivity contribution in [2.45, 2.75) is 75.6 Å². The Morgan fingerprint density at radius 3 is 1.27 bits per heavy atom. The fourth-order valence-electron chi connectivity index (χ4n) is 7.00. The van der Waals surface area contributed by atoms with E-state index in [0.29, 0.717) is 154 Å². The summed E-state index contributed by atoms with van der Waals surface area (Å²) in [6.45, 7) is 22.8. The van der Waals surface area contributed by atoms with Crippen LogP contribution in [0.15, 0.2) is 0 Å². The molecule has 0 aliphatic carbocycles. The summed E-state index contributed by atoms with van der Waals surface area (Å²) in [5.41, 5.74) is 2.19. The van der Waals surface area contributed by atoms with Gasteiger partial charge in [0.05, 0.1) is 137 Å². The summed E-state index contributed by atoms with van der Waals surface area (Å²) in [5, 5.41) is 7.04. The first kappa shape index (κ1) is 43.8. The second-order valence-corrected chi connectivity index (χ2v) is 19.2. The standard InChI is InChI=1S/C35H68O12P2/c1-28-29(2)48(30(3)33(28)45-23-20-42-17-14-39-11-10-38-9-8-37-7-6-36)26-27-49-31(4)34-35(32(49)5)47-25-22-44-19-16-41-13-12-40-15-18-43-21-24-46-34/h28-36H,6-27H2,1-5H3/p+1/t28-,29+,30+,31+,32+,33+,34-,35-,48?/m1/s1. The quantitative estimate of drug-likeness (QED) is 0.117. The molecular formula is C35H69O12P2+. The average Bonchev–Trinajstić information content (AvgIpc) is 3.44. The summed E-state index contributed by atoms with van der Waals surface area (Å²) in [4.78, 5) is 0. The van der Waals surface area contributed by atoms with Gasteiger partial charge in [-0.15, -0.1) is 0 Å². The maximum atomic E-state index is 7.04. The van der Waals surface area contributed by atoms with Crippen molar-refractivity contribution in [3.8, 4) is 0 Å². The van der Waals surface area contributed by atoms with Gasteiger partial charge in [0.1, 0.15) is 6.61 Å². The molecule has 49 heavy (non-hydrogen) atoms. The van der Waals surface area contributed by atoms with Crippen molar-refractivity contribution < 1.29 is 57.2 Å². The molecule has 9 atom stereocenters. The van der Waals surface area contributed by atoms with Gasteiger partial charge in [-0.25, -0.2) is 0 Å². The fourth-order valence-corrected chi connectivity index (χ4v) is 14.7. The van der Waals surface area contributed by atoms with E-state index in [-0.39, 0.29) is 40.8 Å². The molecule has 3 aliphatic rings. The predicted molar refractivity (Wildman–Crippen MR) is 195 cm³/mol. The van der Waals surface area contributed by atoms with E-state index in [9.17, 15) is 0 Å². The predicted octanol–water partition coefficient (Wildman–Crippen LogP) is 3.19. The number of ether oxygens (including phenoxy) is 11. The number of hydrogen-bond donors (Lipinski definition) is 0. The first-order chi connectivity index (χ1) is 24.0. The zero-order chi connectivity index (χ0) is 35.1. The maximum absolute atomic E-state index is 7.04. The van der Waals surface area contributed by atoms with Gasteiger partial charge in [-0.05, 0) is 23.9 Å². The van der Waals surface area contributed by atoms with Gasteiger partial charge >= 0.3 is 0 Å². The Labute approximate surface area is 298 Å². The number of rotatable bonds is 18. The van der Waals surface area contributed by atoms with Crippen LogP contribution in [0.4, 0.5) is 0 Å². The molecule has 0 aromatic carbocycles. The lowest BCUT2D eigenvalue weighted by molar-refractivity contribution is -0.0913. The summed E-state index contributed by atoms with van der Waals surface area (Å²) in [7, 11) is -0.406. The van der Waals surface area contributed by atoms with E-state index in [1.165, 1.54) is 12.3 Å². The minimum absolute atomic E-state index is 0.0768. The second-order valence-electron chi connectivity index (χ2n) is 13.0. The first-order valence-electron chi connectivity index (χ1n) is 18.6. The van der Waals surface area contributed by atoms with E-state index >= 15 is 0 Å². The molecule has 0 aromatic heterocycles. The fraction of sp³-hybridized carbons (Fsp3) is 1.00. The van der Waals surface area contributed by atoms with Crippen molar-refractivity contribution >= 4 is 15.8 Å². The highest BCUT2D eigenvalue weighted by molar-refractivity contribution is 7.63. The third kappa shape index (κ3) is 16.1. The van der Waals surface area contributed by atoms with Crippen molar-refractivity contribution in [1.82, 2.24) is 0 Å². The third-order valence-corrected chi connectivity index (χ3v) is 17.2. The molecule has 0 amide bonds. The smallest absolute Gasteiger partial charge is 0.167 e. The highest BCUT2D eigenvalue weighted by Crippen LogP contribution is 2.63. The average molecular weight is 744 g/mol. The van der Waals surface area contributed by atoms with Crippen molar-refractivity contribution in [2.24, 2.45) is 5.92 Å². The normalized spacial score (nSPS) is 34.4. The van der Waals surface area contributed by atoms with Crippen LogP contribution in [-0.2, 0) is 52.1 Å². The topological polar surface area (TPSA) is 124 Å². The summed E-state index contributed by atoms with van der Waals surface area (Å²) in [6.07, 6.45) is 2.97. The Morgan fingerprint density at radius 1 is 0.469 bits per heavy atom. The maximum Gasteiger partial charge on any atom is 0.167 e. The molecule has 3 aliphatic heterocycles. The Morgan fingerprint density at radius 2 is 0.837 bits per heavy atom.